The Labute approximate surface area is 132 Å². The maximum atomic E-state index is 11.8. The zero-order valence-corrected chi connectivity index (χ0v) is 13.8. The van der Waals surface area contributed by atoms with E-state index in [9.17, 15) is 9.59 Å². The molecule has 0 fully saturated rings. The van der Waals surface area contributed by atoms with Crippen molar-refractivity contribution < 1.29 is 14.7 Å². The van der Waals surface area contributed by atoms with Crippen molar-refractivity contribution in [2.24, 2.45) is 0 Å². The van der Waals surface area contributed by atoms with Crippen molar-refractivity contribution in [3.05, 3.63) is 35.4 Å². The number of carboxylic acid groups (broad SMARTS) is 1. The molecular formula is C18H27NO3. The van der Waals surface area contributed by atoms with E-state index >= 15 is 0 Å². The third-order valence-corrected chi connectivity index (χ3v) is 3.73. The van der Waals surface area contributed by atoms with E-state index in [4.69, 9.17) is 5.11 Å². The van der Waals surface area contributed by atoms with E-state index in [1.54, 1.807) is 0 Å². The summed E-state index contributed by atoms with van der Waals surface area (Å²) in [6.07, 6.45) is 3.12. The molecule has 1 amide bonds. The zero-order valence-electron chi connectivity index (χ0n) is 13.8. The van der Waals surface area contributed by atoms with Crippen LogP contribution in [0.25, 0.3) is 0 Å². The van der Waals surface area contributed by atoms with Gasteiger partial charge in [0.25, 0.3) is 0 Å². The number of carbonyl (C=O) groups is 2. The third kappa shape index (κ3) is 6.29. The first-order valence-corrected chi connectivity index (χ1v) is 8.05. The molecule has 0 aliphatic heterocycles. The number of benzene rings is 1. The van der Waals surface area contributed by atoms with Crippen LogP contribution in [0.2, 0.25) is 0 Å². The fourth-order valence-corrected chi connectivity index (χ4v) is 2.33. The first kappa shape index (κ1) is 18.2. The molecule has 2 N–H and O–H groups in total. The van der Waals surface area contributed by atoms with E-state index in [1.165, 1.54) is 11.1 Å². The second-order valence-electron chi connectivity index (χ2n) is 6.00. The fourth-order valence-electron chi connectivity index (χ4n) is 2.33. The molecule has 4 heteroatoms. The highest BCUT2D eigenvalue weighted by atomic mass is 16.4. The number of aliphatic carboxylic acids is 1. The van der Waals surface area contributed by atoms with Gasteiger partial charge in [0.05, 0.1) is 0 Å². The molecule has 0 heterocycles. The molecule has 122 valence electrons. The molecule has 1 atom stereocenters. The van der Waals surface area contributed by atoms with Gasteiger partial charge in [-0.15, -0.1) is 0 Å². The first-order chi connectivity index (χ1) is 10.4. The van der Waals surface area contributed by atoms with E-state index in [0.29, 0.717) is 18.8 Å². The molecule has 0 bridgehead atoms. The van der Waals surface area contributed by atoms with Crippen molar-refractivity contribution in [1.82, 2.24) is 5.32 Å². The molecule has 1 aromatic carbocycles. The van der Waals surface area contributed by atoms with E-state index in [2.05, 4.69) is 43.4 Å². The van der Waals surface area contributed by atoms with Crippen LogP contribution < -0.4 is 5.32 Å². The molecule has 0 spiro atoms. The highest BCUT2D eigenvalue weighted by molar-refractivity contribution is 5.83. The lowest BCUT2D eigenvalue weighted by molar-refractivity contribution is -0.142. The molecule has 0 aliphatic carbocycles. The molecule has 0 saturated heterocycles. The lowest BCUT2D eigenvalue weighted by Crippen LogP contribution is -2.40. The molecule has 4 nitrogen and oxygen atoms in total. The molecule has 0 aromatic heterocycles. The predicted octanol–water partition coefficient (Wildman–Crippen LogP) is 3.50. The summed E-state index contributed by atoms with van der Waals surface area (Å²) in [4.78, 5) is 22.8. The van der Waals surface area contributed by atoms with Crippen LogP contribution in [0.1, 0.15) is 63.5 Å². The SMILES string of the molecule is CCCC(NC(=O)CCCc1ccc(C(C)C)cc1)C(=O)O. The Hall–Kier alpha value is -1.84. The molecule has 22 heavy (non-hydrogen) atoms. The topological polar surface area (TPSA) is 66.4 Å². The van der Waals surface area contributed by atoms with Crippen LogP contribution in [0.3, 0.4) is 0 Å². The quantitative estimate of drug-likeness (QED) is 0.734. The lowest BCUT2D eigenvalue weighted by Gasteiger charge is -2.13. The number of carbonyl (C=O) groups excluding carboxylic acids is 1. The van der Waals surface area contributed by atoms with Crippen LogP contribution >= 0.6 is 0 Å². The Kier molecular flexibility index (Phi) is 7.64. The monoisotopic (exact) mass is 305 g/mol. The van der Waals surface area contributed by atoms with Gasteiger partial charge in [-0.25, -0.2) is 4.79 Å². The second kappa shape index (κ2) is 9.23. The van der Waals surface area contributed by atoms with E-state index in [1.807, 2.05) is 6.92 Å². The standard InChI is InChI=1S/C18H27NO3/c1-4-6-16(18(21)22)19-17(20)8-5-7-14-9-11-15(12-10-14)13(2)3/h9-13,16H,4-8H2,1-3H3,(H,19,20)(H,21,22). The predicted molar refractivity (Wildman–Crippen MR) is 87.9 cm³/mol. The van der Waals surface area contributed by atoms with Crippen molar-refractivity contribution in [1.29, 1.82) is 0 Å². The van der Waals surface area contributed by atoms with E-state index in [-0.39, 0.29) is 5.91 Å². The Morgan fingerprint density at radius 2 is 1.82 bits per heavy atom. The minimum Gasteiger partial charge on any atom is -0.480 e. The minimum atomic E-state index is -0.959. The number of amides is 1. The molecular weight excluding hydrogens is 278 g/mol. The summed E-state index contributed by atoms with van der Waals surface area (Å²) in [5.41, 5.74) is 2.52. The molecule has 0 radical (unpaired) electrons. The second-order valence-corrected chi connectivity index (χ2v) is 6.00. The van der Waals surface area contributed by atoms with Gasteiger partial charge in [0.1, 0.15) is 6.04 Å². The molecule has 1 unspecified atom stereocenters. The smallest absolute Gasteiger partial charge is 0.326 e. The third-order valence-electron chi connectivity index (χ3n) is 3.73. The lowest BCUT2D eigenvalue weighted by atomic mass is 10.00. The largest absolute Gasteiger partial charge is 0.480 e. The summed E-state index contributed by atoms with van der Waals surface area (Å²) in [6.45, 7) is 6.23. The summed E-state index contributed by atoms with van der Waals surface area (Å²) >= 11 is 0. The van der Waals surface area contributed by atoms with Gasteiger partial charge in [0, 0.05) is 6.42 Å². The van der Waals surface area contributed by atoms with Crippen LogP contribution in [0.4, 0.5) is 0 Å². The van der Waals surface area contributed by atoms with Crippen LogP contribution in [-0.4, -0.2) is 23.0 Å². The van der Waals surface area contributed by atoms with E-state index in [0.717, 1.165) is 19.3 Å². The van der Waals surface area contributed by atoms with E-state index < -0.39 is 12.0 Å². The zero-order chi connectivity index (χ0) is 16.5. The van der Waals surface area contributed by atoms with Gasteiger partial charge in [-0.3, -0.25) is 4.79 Å². The summed E-state index contributed by atoms with van der Waals surface area (Å²) in [6, 6.07) is 7.70. The summed E-state index contributed by atoms with van der Waals surface area (Å²) in [5.74, 6) is -0.620. The first-order valence-electron chi connectivity index (χ1n) is 8.05. The summed E-state index contributed by atoms with van der Waals surface area (Å²) in [7, 11) is 0. The average Bonchev–Trinajstić information content (AvgIpc) is 2.47. The van der Waals surface area contributed by atoms with Gasteiger partial charge in [-0.05, 0) is 36.3 Å². The fraction of sp³-hybridized carbons (Fsp3) is 0.556. The molecule has 1 aromatic rings. The van der Waals surface area contributed by atoms with Crippen LogP contribution in [0, 0.1) is 0 Å². The van der Waals surface area contributed by atoms with Gasteiger partial charge in [0.2, 0.25) is 5.91 Å². The molecule has 0 saturated carbocycles. The van der Waals surface area contributed by atoms with Crippen molar-refractivity contribution in [3.8, 4) is 0 Å². The van der Waals surface area contributed by atoms with Crippen molar-refractivity contribution >= 4 is 11.9 Å². The normalized spacial score (nSPS) is 12.2. The Balaban J connectivity index is 2.36. The number of nitrogens with one attached hydrogen (secondary N) is 1. The maximum Gasteiger partial charge on any atom is 0.326 e. The van der Waals surface area contributed by atoms with Crippen LogP contribution in [0.5, 0.6) is 0 Å². The number of rotatable bonds is 9. The highest BCUT2D eigenvalue weighted by Gasteiger charge is 2.18. The summed E-state index contributed by atoms with van der Waals surface area (Å²) in [5, 5.41) is 11.6. The van der Waals surface area contributed by atoms with Crippen molar-refractivity contribution in [2.45, 2.75) is 64.8 Å². The van der Waals surface area contributed by atoms with Gasteiger partial charge >= 0.3 is 5.97 Å². The maximum absolute atomic E-state index is 11.8. The van der Waals surface area contributed by atoms with Crippen molar-refractivity contribution in [3.63, 3.8) is 0 Å². The number of aryl methyl sites for hydroxylation is 1. The average molecular weight is 305 g/mol. The van der Waals surface area contributed by atoms with Crippen molar-refractivity contribution in [2.75, 3.05) is 0 Å². The summed E-state index contributed by atoms with van der Waals surface area (Å²) < 4.78 is 0. The molecule has 1 rings (SSSR count). The van der Waals surface area contributed by atoms with Gasteiger partial charge in [-0.1, -0.05) is 51.5 Å². The van der Waals surface area contributed by atoms with Gasteiger partial charge in [0.15, 0.2) is 0 Å². The van der Waals surface area contributed by atoms with Crippen LogP contribution in [-0.2, 0) is 16.0 Å². The number of hydrogen-bond acceptors (Lipinski definition) is 2. The van der Waals surface area contributed by atoms with Crippen LogP contribution in [0.15, 0.2) is 24.3 Å². The number of hydrogen-bond donors (Lipinski definition) is 2. The minimum absolute atomic E-state index is 0.181. The Morgan fingerprint density at radius 3 is 2.32 bits per heavy atom. The Bertz CT molecular complexity index is 480. The molecule has 0 aliphatic rings. The number of carboxylic acids is 1. The Morgan fingerprint density at radius 1 is 1.18 bits per heavy atom. The van der Waals surface area contributed by atoms with Gasteiger partial charge < -0.3 is 10.4 Å². The highest BCUT2D eigenvalue weighted by Crippen LogP contribution is 2.15. The van der Waals surface area contributed by atoms with Gasteiger partial charge in [-0.2, -0.15) is 0 Å².